The molecule has 0 aliphatic carbocycles. The van der Waals surface area contributed by atoms with Crippen LogP contribution in [0.4, 0.5) is 0 Å². The Kier molecular flexibility index (Phi) is 12.3. The normalized spacial score (nSPS) is 15.0. The molecule has 0 radical (unpaired) electrons. The highest BCUT2D eigenvalue weighted by atomic mass is 32.2. The Morgan fingerprint density at radius 2 is 1.19 bits per heavy atom. The number of unbranched alkanes of at least 4 members (excludes halogenated alkanes) is 8. The van der Waals surface area contributed by atoms with Crippen molar-refractivity contribution in [1.29, 1.82) is 0 Å². The summed E-state index contributed by atoms with van der Waals surface area (Å²) in [6.45, 7) is 4.22. The highest BCUT2D eigenvalue weighted by Gasteiger charge is 2.29. The van der Waals surface area contributed by atoms with E-state index in [0.29, 0.717) is 12.8 Å². The van der Waals surface area contributed by atoms with Gasteiger partial charge in [0.05, 0.1) is 6.10 Å². The van der Waals surface area contributed by atoms with E-state index in [1.807, 2.05) is 6.92 Å². The standard InChI is InChI=1S/C16H34O4S/c1-3-5-7-8-9-10-12-13-15(17)16(21(18,19)20)14-11-6-4-2/h15-17H,3-14H2,1-2H3,(H,18,19,20). The molecule has 0 bridgehead atoms. The van der Waals surface area contributed by atoms with E-state index in [1.54, 1.807) is 0 Å². The molecule has 0 spiro atoms. The molecule has 0 aromatic carbocycles. The van der Waals surface area contributed by atoms with Crippen LogP contribution in [0.15, 0.2) is 0 Å². The second kappa shape index (κ2) is 12.4. The Labute approximate surface area is 131 Å². The molecule has 0 aromatic rings. The maximum absolute atomic E-state index is 11.4. The Hall–Kier alpha value is -0.130. The van der Waals surface area contributed by atoms with Crippen LogP contribution in [-0.2, 0) is 10.1 Å². The lowest BCUT2D eigenvalue weighted by atomic mass is 10.0. The van der Waals surface area contributed by atoms with Crippen molar-refractivity contribution in [2.24, 2.45) is 0 Å². The second-order valence-electron chi connectivity index (χ2n) is 6.03. The third kappa shape index (κ3) is 11.1. The van der Waals surface area contributed by atoms with Gasteiger partial charge in [-0.25, -0.2) is 0 Å². The van der Waals surface area contributed by atoms with Crippen LogP contribution in [0.1, 0.15) is 90.9 Å². The zero-order valence-corrected chi connectivity index (χ0v) is 14.6. The van der Waals surface area contributed by atoms with Gasteiger partial charge in [-0.05, 0) is 12.8 Å². The van der Waals surface area contributed by atoms with Crippen molar-refractivity contribution in [1.82, 2.24) is 0 Å². The summed E-state index contributed by atoms with van der Waals surface area (Å²) in [4.78, 5) is 0. The van der Waals surface area contributed by atoms with Crippen LogP contribution in [-0.4, -0.2) is 29.4 Å². The molecule has 5 heteroatoms. The number of aliphatic hydroxyl groups excluding tert-OH is 1. The summed E-state index contributed by atoms with van der Waals surface area (Å²) in [5.41, 5.74) is 0. The first-order valence-corrected chi connectivity index (χ1v) is 10.1. The van der Waals surface area contributed by atoms with E-state index in [2.05, 4.69) is 6.92 Å². The van der Waals surface area contributed by atoms with Crippen LogP contribution in [0, 0.1) is 0 Å². The Bertz CT molecular complexity index is 327. The minimum Gasteiger partial charge on any atom is -0.392 e. The van der Waals surface area contributed by atoms with Crippen molar-refractivity contribution < 1.29 is 18.1 Å². The zero-order valence-electron chi connectivity index (χ0n) is 13.8. The third-order valence-electron chi connectivity index (χ3n) is 4.01. The van der Waals surface area contributed by atoms with Crippen molar-refractivity contribution in [2.45, 2.75) is 102 Å². The Morgan fingerprint density at radius 3 is 1.71 bits per heavy atom. The maximum Gasteiger partial charge on any atom is 0.270 e. The molecule has 0 heterocycles. The molecular weight excluding hydrogens is 288 g/mol. The lowest BCUT2D eigenvalue weighted by Crippen LogP contribution is -2.33. The SMILES string of the molecule is CCCCCCCCCC(O)C(CCCCC)S(=O)(=O)O. The summed E-state index contributed by atoms with van der Waals surface area (Å²) in [6, 6.07) is 0. The van der Waals surface area contributed by atoms with Gasteiger partial charge in [0.15, 0.2) is 0 Å². The topological polar surface area (TPSA) is 74.6 Å². The molecule has 0 saturated heterocycles. The molecule has 0 fully saturated rings. The van der Waals surface area contributed by atoms with E-state index < -0.39 is 21.5 Å². The van der Waals surface area contributed by atoms with Gasteiger partial charge in [-0.1, -0.05) is 78.1 Å². The molecule has 0 rings (SSSR count). The lowest BCUT2D eigenvalue weighted by Gasteiger charge is -2.20. The van der Waals surface area contributed by atoms with Crippen LogP contribution < -0.4 is 0 Å². The van der Waals surface area contributed by atoms with E-state index in [1.165, 1.54) is 25.7 Å². The summed E-state index contributed by atoms with van der Waals surface area (Å²) in [5, 5.41) is 9.04. The quantitative estimate of drug-likeness (QED) is 0.369. The summed E-state index contributed by atoms with van der Waals surface area (Å²) in [7, 11) is -4.15. The van der Waals surface area contributed by atoms with E-state index in [9.17, 15) is 18.1 Å². The highest BCUT2D eigenvalue weighted by molar-refractivity contribution is 7.86. The van der Waals surface area contributed by atoms with Crippen LogP contribution >= 0.6 is 0 Å². The van der Waals surface area contributed by atoms with Gasteiger partial charge in [0.2, 0.25) is 0 Å². The minimum atomic E-state index is -4.15. The number of hydrogen-bond acceptors (Lipinski definition) is 3. The fraction of sp³-hybridized carbons (Fsp3) is 1.00. The summed E-state index contributed by atoms with van der Waals surface area (Å²) >= 11 is 0. The van der Waals surface area contributed by atoms with Gasteiger partial charge in [-0.15, -0.1) is 0 Å². The molecule has 2 N–H and O–H groups in total. The third-order valence-corrected chi connectivity index (χ3v) is 5.32. The van der Waals surface area contributed by atoms with Gasteiger partial charge >= 0.3 is 0 Å². The molecular formula is C16H34O4S. The molecule has 128 valence electrons. The van der Waals surface area contributed by atoms with Crippen molar-refractivity contribution in [3.8, 4) is 0 Å². The smallest absolute Gasteiger partial charge is 0.270 e. The van der Waals surface area contributed by atoms with Gasteiger partial charge < -0.3 is 5.11 Å². The molecule has 0 saturated carbocycles. The van der Waals surface area contributed by atoms with Crippen molar-refractivity contribution in [2.75, 3.05) is 0 Å². The molecule has 0 aliphatic rings. The van der Waals surface area contributed by atoms with Gasteiger partial charge in [0.25, 0.3) is 10.1 Å². The molecule has 2 atom stereocenters. The molecule has 21 heavy (non-hydrogen) atoms. The van der Waals surface area contributed by atoms with E-state index in [0.717, 1.165) is 38.5 Å². The first kappa shape index (κ1) is 20.9. The largest absolute Gasteiger partial charge is 0.392 e. The Balaban J connectivity index is 3.97. The van der Waals surface area contributed by atoms with E-state index in [4.69, 9.17) is 0 Å². The van der Waals surface area contributed by atoms with Crippen molar-refractivity contribution in [3.63, 3.8) is 0 Å². The molecule has 0 amide bonds. The predicted molar refractivity (Wildman–Crippen MR) is 88.1 cm³/mol. The predicted octanol–water partition coefficient (Wildman–Crippen LogP) is 4.32. The Morgan fingerprint density at radius 1 is 0.762 bits per heavy atom. The zero-order chi connectivity index (χ0) is 16.1. The maximum atomic E-state index is 11.4. The molecule has 4 nitrogen and oxygen atoms in total. The monoisotopic (exact) mass is 322 g/mol. The molecule has 2 unspecified atom stereocenters. The summed E-state index contributed by atoms with van der Waals surface area (Å²) in [6.07, 6.45) is 10.5. The van der Waals surface area contributed by atoms with Crippen LogP contribution in [0.3, 0.4) is 0 Å². The fourth-order valence-electron chi connectivity index (χ4n) is 2.63. The first-order valence-electron chi connectivity index (χ1n) is 8.57. The van der Waals surface area contributed by atoms with Gasteiger partial charge in [0, 0.05) is 0 Å². The molecule has 0 aliphatic heterocycles. The van der Waals surface area contributed by atoms with Gasteiger partial charge in [-0.2, -0.15) is 8.42 Å². The number of aliphatic hydroxyl groups is 1. The van der Waals surface area contributed by atoms with Crippen LogP contribution in [0.2, 0.25) is 0 Å². The van der Waals surface area contributed by atoms with Crippen molar-refractivity contribution in [3.05, 3.63) is 0 Å². The van der Waals surface area contributed by atoms with Gasteiger partial charge in [0.1, 0.15) is 5.25 Å². The first-order chi connectivity index (χ1) is 9.93. The highest BCUT2D eigenvalue weighted by Crippen LogP contribution is 2.19. The number of hydrogen-bond donors (Lipinski definition) is 2. The van der Waals surface area contributed by atoms with Crippen molar-refractivity contribution >= 4 is 10.1 Å². The van der Waals surface area contributed by atoms with Gasteiger partial charge in [-0.3, -0.25) is 4.55 Å². The van der Waals surface area contributed by atoms with Crippen LogP contribution in [0.25, 0.3) is 0 Å². The summed E-state index contributed by atoms with van der Waals surface area (Å²) < 4.78 is 32.0. The van der Waals surface area contributed by atoms with Crippen LogP contribution in [0.5, 0.6) is 0 Å². The van der Waals surface area contributed by atoms with E-state index >= 15 is 0 Å². The van der Waals surface area contributed by atoms with E-state index in [-0.39, 0.29) is 0 Å². The average Bonchev–Trinajstić information content (AvgIpc) is 2.41. The summed E-state index contributed by atoms with van der Waals surface area (Å²) in [5.74, 6) is 0. The number of rotatable bonds is 14. The second-order valence-corrected chi connectivity index (χ2v) is 7.66. The minimum absolute atomic E-state index is 0.352. The lowest BCUT2D eigenvalue weighted by molar-refractivity contribution is 0.146. The fourth-order valence-corrected chi connectivity index (χ4v) is 3.63. The molecule has 0 aromatic heterocycles. The average molecular weight is 323 g/mol.